The minimum Gasteiger partial charge on any atom is -0.457 e. The molecule has 4 N–H and O–H groups in total. The quantitative estimate of drug-likeness (QED) is 0.233. The molecule has 0 spiro atoms. The summed E-state index contributed by atoms with van der Waals surface area (Å²) in [5, 5.41) is 19.5. The van der Waals surface area contributed by atoms with E-state index in [9.17, 15) is 19.4 Å². The maximum Gasteiger partial charge on any atom is 0.256 e. The topological polar surface area (TPSA) is 115 Å². The number of aryl methyl sites for hydroxylation is 1. The third kappa shape index (κ3) is 5.97. The molecule has 35 heavy (non-hydrogen) atoms. The zero-order valence-electron chi connectivity index (χ0n) is 19.2. The molecular formula is C26H27FNO6P. The largest absolute Gasteiger partial charge is 0.457 e. The van der Waals surface area contributed by atoms with E-state index in [-0.39, 0.29) is 18.6 Å². The van der Waals surface area contributed by atoms with Gasteiger partial charge in [-0.2, -0.15) is 4.39 Å². The highest BCUT2D eigenvalue weighted by molar-refractivity contribution is 7.18. The van der Waals surface area contributed by atoms with Crippen molar-refractivity contribution in [2.24, 2.45) is 5.73 Å². The monoisotopic (exact) mass is 499 g/mol. The van der Waals surface area contributed by atoms with Crippen molar-refractivity contribution in [2.75, 3.05) is 13.2 Å². The van der Waals surface area contributed by atoms with Crippen LogP contribution in [-0.2, 0) is 6.42 Å². The second-order valence-electron chi connectivity index (χ2n) is 8.76. The Hall–Kier alpha value is -3.03. The van der Waals surface area contributed by atoms with Gasteiger partial charge in [-0.15, -0.1) is 0 Å². The number of alkyl halides is 1. The summed E-state index contributed by atoms with van der Waals surface area (Å²) in [6.45, 7) is 0.619. The van der Waals surface area contributed by atoms with E-state index in [1.54, 1.807) is 60.7 Å². The lowest BCUT2D eigenvalue weighted by molar-refractivity contribution is 0.0471. The van der Waals surface area contributed by atoms with E-state index in [1.807, 2.05) is 9.24 Å². The van der Waals surface area contributed by atoms with Crippen LogP contribution >= 0.6 is 9.24 Å². The number of hydrogen-bond donors (Lipinski definition) is 3. The molecule has 7 nitrogen and oxygen atoms in total. The summed E-state index contributed by atoms with van der Waals surface area (Å²) in [6.07, 6.45) is 0.876. The second-order valence-corrected chi connectivity index (χ2v) is 9.79. The number of nitrogens with two attached hydrogens (primary N) is 1. The first-order valence-electron chi connectivity index (χ1n) is 11.0. The molecule has 1 heterocycles. The fourth-order valence-electron chi connectivity index (χ4n) is 3.67. The van der Waals surface area contributed by atoms with Gasteiger partial charge in [0.1, 0.15) is 28.4 Å². The number of hydrogen-bond acceptors (Lipinski definition) is 7. The predicted octanol–water partition coefficient (Wildman–Crippen LogP) is 4.25. The number of ether oxygens (including phenoxy) is 2. The van der Waals surface area contributed by atoms with Gasteiger partial charge in [0.2, 0.25) is 5.43 Å². The number of aliphatic hydroxyl groups excluding tert-OH is 2. The van der Waals surface area contributed by atoms with Crippen LogP contribution in [0.4, 0.5) is 4.39 Å². The molecule has 0 fully saturated rings. The number of rotatable bonds is 9. The highest BCUT2D eigenvalue weighted by Crippen LogP contribution is 2.31. The summed E-state index contributed by atoms with van der Waals surface area (Å²) in [7, 11) is 1.97. The predicted molar refractivity (Wildman–Crippen MR) is 136 cm³/mol. The van der Waals surface area contributed by atoms with Crippen LogP contribution < -0.4 is 20.6 Å². The lowest BCUT2D eigenvalue weighted by Crippen LogP contribution is -2.47. The number of halogens is 1. The highest BCUT2D eigenvalue weighted by Gasteiger charge is 2.23. The van der Waals surface area contributed by atoms with Gasteiger partial charge in [0, 0.05) is 13.0 Å². The van der Waals surface area contributed by atoms with Crippen molar-refractivity contribution < 1.29 is 28.5 Å². The Bertz CT molecular complexity index is 1410. The Balaban J connectivity index is 1.61. The first kappa shape index (κ1) is 25.1. The van der Waals surface area contributed by atoms with E-state index in [4.69, 9.17) is 19.6 Å². The molecule has 2 unspecified atom stereocenters. The summed E-state index contributed by atoms with van der Waals surface area (Å²) < 4.78 is 30.8. The first-order valence-corrected chi connectivity index (χ1v) is 11.6. The van der Waals surface area contributed by atoms with Crippen molar-refractivity contribution in [3.63, 3.8) is 0 Å². The molecule has 0 saturated carbocycles. The lowest BCUT2D eigenvalue weighted by atomic mass is 9.93. The molecule has 0 bridgehead atoms. The fourth-order valence-corrected chi connectivity index (χ4v) is 3.80. The van der Waals surface area contributed by atoms with Gasteiger partial charge in [-0.05, 0) is 60.9 Å². The van der Waals surface area contributed by atoms with E-state index < -0.39 is 11.1 Å². The fraction of sp³-hybridized carbons (Fsp3) is 0.269. The number of aliphatic hydroxyl groups is 2. The second kappa shape index (κ2) is 9.91. The van der Waals surface area contributed by atoms with Crippen molar-refractivity contribution in [3.05, 3.63) is 76.5 Å². The van der Waals surface area contributed by atoms with Gasteiger partial charge in [-0.25, -0.2) is 0 Å². The minimum atomic E-state index is -1.91. The van der Waals surface area contributed by atoms with Crippen LogP contribution in [0.5, 0.6) is 17.2 Å². The molecule has 0 amide bonds. The Morgan fingerprint density at radius 3 is 2.40 bits per heavy atom. The highest BCUT2D eigenvalue weighted by atomic mass is 31.0. The third-order valence-corrected chi connectivity index (χ3v) is 5.72. The van der Waals surface area contributed by atoms with Crippen LogP contribution in [0.2, 0.25) is 0 Å². The van der Waals surface area contributed by atoms with Crippen LogP contribution in [0.1, 0.15) is 18.9 Å². The van der Waals surface area contributed by atoms with Gasteiger partial charge in [0.15, 0.2) is 0 Å². The van der Waals surface area contributed by atoms with Crippen molar-refractivity contribution in [3.8, 4) is 17.2 Å². The van der Waals surface area contributed by atoms with Gasteiger partial charge in [0.25, 0.3) is 5.60 Å². The van der Waals surface area contributed by atoms with Crippen LogP contribution in [0, 0.1) is 0 Å². The lowest BCUT2D eigenvalue weighted by Gasteiger charge is -2.24. The Morgan fingerprint density at radius 1 is 0.971 bits per heavy atom. The van der Waals surface area contributed by atoms with Crippen molar-refractivity contribution in [1.82, 2.24) is 0 Å². The number of benzene rings is 3. The molecule has 184 valence electrons. The molecule has 2 atom stereocenters. The average molecular weight is 499 g/mol. The van der Waals surface area contributed by atoms with Crippen LogP contribution in [0.25, 0.3) is 21.9 Å². The zero-order valence-corrected chi connectivity index (χ0v) is 20.3. The Kier molecular flexibility index (Phi) is 7.10. The first-order chi connectivity index (χ1) is 16.6. The molecule has 1 aromatic heterocycles. The van der Waals surface area contributed by atoms with Crippen molar-refractivity contribution >= 4 is 31.2 Å². The minimum absolute atomic E-state index is 0.203. The van der Waals surface area contributed by atoms with E-state index >= 15 is 0 Å². The van der Waals surface area contributed by atoms with E-state index in [0.717, 1.165) is 5.56 Å². The standard InChI is InChI=1S/C26H27FNO6P/c1-25(27,35)34-19-4-2-3-17(12-19)32-18-6-8-22-21(13-18)24(31)20-7-5-16(11-23(20)33-22)9-10-26(28,14-29)15-30/h2-8,11-13,29-30H,9-10,14-15,28,35H2,1H3. The molecule has 0 saturated heterocycles. The van der Waals surface area contributed by atoms with Gasteiger partial charge in [-0.3, -0.25) is 4.79 Å². The average Bonchev–Trinajstić information content (AvgIpc) is 2.82. The van der Waals surface area contributed by atoms with E-state index in [1.165, 1.54) is 6.92 Å². The van der Waals surface area contributed by atoms with Crippen molar-refractivity contribution in [1.29, 1.82) is 0 Å². The molecular weight excluding hydrogens is 472 g/mol. The molecule has 0 aliphatic rings. The molecule has 0 aliphatic carbocycles. The Morgan fingerprint density at radius 2 is 1.69 bits per heavy atom. The summed E-state index contributed by atoms with van der Waals surface area (Å²) >= 11 is 0. The maximum absolute atomic E-state index is 13.8. The summed E-state index contributed by atoms with van der Waals surface area (Å²) in [5.41, 5.74) is 4.47. The smallest absolute Gasteiger partial charge is 0.256 e. The van der Waals surface area contributed by atoms with Crippen LogP contribution in [0.15, 0.2) is 69.9 Å². The van der Waals surface area contributed by atoms with E-state index in [0.29, 0.717) is 52.0 Å². The summed E-state index contributed by atoms with van der Waals surface area (Å²) in [6, 6.07) is 16.7. The van der Waals surface area contributed by atoms with E-state index in [2.05, 4.69) is 0 Å². The van der Waals surface area contributed by atoms with Gasteiger partial charge >= 0.3 is 0 Å². The maximum atomic E-state index is 13.8. The van der Waals surface area contributed by atoms with Gasteiger partial charge in [0.05, 0.1) is 29.5 Å². The molecule has 4 rings (SSSR count). The molecule has 0 aliphatic heterocycles. The SMILES string of the molecule is CC(F)(P)Oc1cccc(Oc2ccc3oc4cc(CCC(N)(CO)CO)ccc4c(=O)c3c2)c1. The molecule has 0 radical (unpaired) electrons. The summed E-state index contributed by atoms with van der Waals surface area (Å²) in [5.74, 6) is 1.14. The van der Waals surface area contributed by atoms with Crippen LogP contribution in [-0.4, -0.2) is 34.6 Å². The van der Waals surface area contributed by atoms with Crippen molar-refractivity contribution in [2.45, 2.75) is 30.9 Å². The zero-order chi connectivity index (χ0) is 25.2. The van der Waals surface area contributed by atoms with Gasteiger partial charge < -0.3 is 29.8 Å². The third-order valence-electron chi connectivity index (χ3n) is 5.61. The molecule has 9 heteroatoms. The normalized spacial score (nSPS) is 13.7. The van der Waals surface area contributed by atoms with Crippen LogP contribution in [0.3, 0.4) is 0 Å². The van der Waals surface area contributed by atoms with Gasteiger partial charge in [-0.1, -0.05) is 21.4 Å². The molecule has 3 aromatic carbocycles. The number of fused-ring (bicyclic) bond motifs is 2. The Labute approximate surface area is 203 Å². The summed E-state index contributed by atoms with van der Waals surface area (Å²) in [4.78, 5) is 13.2. The molecule has 4 aromatic rings.